The van der Waals surface area contributed by atoms with E-state index in [9.17, 15) is 10.1 Å². The molecule has 26 heavy (non-hydrogen) atoms. The SMILES string of the molecule is CCN(CC)c1ccc(N/C=C(/C#N)C(=O)N(C)C2CCCCC2)cc1. The first kappa shape index (κ1) is 19.8. The Balaban J connectivity index is 2.02. The molecular weight excluding hydrogens is 324 g/mol. The second-order valence-electron chi connectivity index (χ2n) is 6.74. The van der Waals surface area contributed by atoms with Crippen LogP contribution in [0, 0.1) is 11.3 Å². The molecule has 0 aliphatic heterocycles. The van der Waals surface area contributed by atoms with Gasteiger partial charge in [-0.25, -0.2) is 0 Å². The topological polar surface area (TPSA) is 59.4 Å². The van der Waals surface area contributed by atoms with E-state index in [1.54, 1.807) is 4.90 Å². The zero-order valence-corrected chi connectivity index (χ0v) is 16.2. The summed E-state index contributed by atoms with van der Waals surface area (Å²) in [5, 5.41) is 12.5. The fourth-order valence-corrected chi connectivity index (χ4v) is 3.48. The Labute approximate surface area is 157 Å². The van der Waals surface area contributed by atoms with Crippen molar-refractivity contribution in [3.05, 3.63) is 36.0 Å². The number of nitrogens with zero attached hydrogens (tertiary/aromatic N) is 3. The molecule has 0 heterocycles. The molecule has 5 heteroatoms. The van der Waals surface area contributed by atoms with Crippen LogP contribution in [0.25, 0.3) is 0 Å². The van der Waals surface area contributed by atoms with Crippen molar-refractivity contribution in [2.75, 3.05) is 30.4 Å². The molecule has 1 aromatic carbocycles. The van der Waals surface area contributed by atoms with E-state index >= 15 is 0 Å². The van der Waals surface area contributed by atoms with Crippen molar-refractivity contribution in [1.29, 1.82) is 5.26 Å². The maximum atomic E-state index is 12.6. The summed E-state index contributed by atoms with van der Waals surface area (Å²) < 4.78 is 0. The van der Waals surface area contributed by atoms with Gasteiger partial charge in [-0.05, 0) is 51.0 Å². The van der Waals surface area contributed by atoms with Gasteiger partial charge in [0.2, 0.25) is 0 Å². The van der Waals surface area contributed by atoms with Gasteiger partial charge in [0, 0.05) is 43.8 Å². The molecule has 0 saturated heterocycles. The van der Waals surface area contributed by atoms with Crippen molar-refractivity contribution in [3.63, 3.8) is 0 Å². The summed E-state index contributed by atoms with van der Waals surface area (Å²) in [5.74, 6) is -0.202. The number of carbonyl (C=O) groups is 1. The van der Waals surface area contributed by atoms with Crippen LogP contribution in [-0.4, -0.2) is 37.0 Å². The molecule has 2 rings (SSSR count). The summed E-state index contributed by atoms with van der Waals surface area (Å²) in [6.07, 6.45) is 7.14. The summed E-state index contributed by atoms with van der Waals surface area (Å²) in [4.78, 5) is 16.6. The lowest BCUT2D eigenvalue weighted by Gasteiger charge is -2.31. The number of hydrogen-bond donors (Lipinski definition) is 1. The predicted molar refractivity (Wildman–Crippen MR) is 107 cm³/mol. The number of benzene rings is 1. The highest BCUT2D eigenvalue weighted by atomic mass is 16.2. The van der Waals surface area contributed by atoms with Gasteiger partial charge in [-0.3, -0.25) is 4.79 Å². The first-order chi connectivity index (χ1) is 12.6. The van der Waals surface area contributed by atoms with Gasteiger partial charge < -0.3 is 15.1 Å². The molecule has 1 fully saturated rings. The first-order valence-electron chi connectivity index (χ1n) is 9.59. The smallest absolute Gasteiger partial charge is 0.266 e. The number of anilines is 2. The van der Waals surface area contributed by atoms with Crippen LogP contribution in [0.4, 0.5) is 11.4 Å². The third-order valence-corrected chi connectivity index (χ3v) is 5.17. The van der Waals surface area contributed by atoms with Crippen LogP contribution in [-0.2, 0) is 4.79 Å². The zero-order chi connectivity index (χ0) is 18.9. The highest BCUT2D eigenvalue weighted by Crippen LogP contribution is 2.23. The van der Waals surface area contributed by atoms with E-state index in [1.807, 2.05) is 37.4 Å². The number of amides is 1. The van der Waals surface area contributed by atoms with E-state index in [1.165, 1.54) is 12.6 Å². The largest absolute Gasteiger partial charge is 0.372 e. The second kappa shape index (κ2) is 9.86. The van der Waals surface area contributed by atoms with Crippen molar-refractivity contribution < 1.29 is 4.79 Å². The molecule has 0 radical (unpaired) electrons. The van der Waals surface area contributed by atoms with E-state index in [4.69, 9.17) is 0 Å². The van der Waals surface area contributed by atoms with Crippen molar-refractivity contribution >= 4 is 17.3 Å². The van der Waals surface area contributed by atoms with Crippen LogP contribution in [0.1, 0.15) is 46.0 Å². The molecule has 1 aliphatic rings. The number of likely N-dealkylation sites (N-methyl/N-ethyl adjacent to an activating group) is 1. The molecule has 1 saturated carbocycles. The summed E-state index contributed by atoms with van der Waals surface area (Å²) in [7, 11) is 1.81. The third kappa shape index (κ3) is 5.01. The van der Waals surface area contributed by atoms with Crippen molar-refractivity contribution in [1.82, 2.24) is 4.90 Å². The van der Waals surface area contributed by atoms with Crippen molar-refractivity contribution in [2.45, 2.75) is 52.0 Å². The third-order valence-electron chi connectivity index (χ3n) is 5.17. The lowest BCUT2D eigenvalue weighted by atomic mass is 9.94. The molecule has 0 bridgehead atoms. The minimum Gasteiger partial charge on any atom is -0.372 e. The molecule has 1 N–H and O–H groups in total. The molecule has 0 spiro atoms. The quantitative estimate of drug-likeness (QED) is 0.590. The van der Waals surface area contributed by atoms with Crippen LogP contribution in [0.15, 0.2) is 36.0 Å². The molecule has 1 aliphatic carbocycles. The van der Waals surface area contributed by atoms with Crippen LogP contribution in [0.5, 0.6) is 0 Å². The van der Waals surface area contributed by atoms with Gasteiger partial charge >= 0.3 is 0 Å². The average Bonchev–Trinajstić information content (AvgIpc) is 2.70. The highest BCUT2D eigenvalue weighted by molar-refractivity contribution is 5.97. The number of nitrogens with one attached hydrogen (secondary N) is 1. The molecule has 5 nitrogen and oxygen atoms in total. The Hall–Kier alpha value is -2.48. The summed E-state index contributed by atoms with van der Waals surface area (Å²) >= 11 is 0. The number of hydrogen-bond acceptors (Lipinski definition) is 4. The number of nitriles is 1. The van der Waals surface area contributed by atoms with Crippen molar-refractivity contribution in [3.8, 4) is 6.07 Å². The minimum absolute atomic E-state index is 0.144. The van der Waals surface area contributed by atoms with Gasteiger partial charge in [0.15, 0.2) is 0 Å². The second-order valence-corrected chi connectivity index (χ2v) is 6.74. The molecule has 1 amide bonds. The van der Waals surface area contributed by atoms with Crippen LogP contribution < -0.4 is 10.2 Å². The van der Waals surface area contributed by atoms with E-state index in [0.29, 0.717) is 0 Å². The lowest BCUT2D eigenvalue weighted by molar-refractivity contribution is -0.128. The average molecular weight is 354 g/mol. The monoisotopic (exact) mass is 354 g/mol. The van der Waals surface area contributed by atoms with Gasteiger partial charge in [0.05, 0.1) is 0 Å². The van der Waals surface area contributed by atoms with Crippen LogP contribution >= 0.6 is 0 Å². The standard InChI is InChI=1S/C21H30N4O/c1-4-25(5-2)20-13-11-18(12-14-20)23-16-17(15-22)21(26)24(3)19-9-7-6-8-10-19/h11-14,16,19,23H,4-10H2,1-3H3/b17-16-. The van der Waals surface area contributed by atoms with E-state index in [0.717, 1.165) is 50.1 Å². The first-order valence-corrected chi connectivity index (χ1v) is 9.59. The zero-order valence-electron chi connectivity index (χ0n) is 16.2. The fraction of sp³-hybridized carbons (Fsp3) is 0.524. The molecule has 0 unspecified atom stereocenters. The number of carbonyl (C=O) groups excluding carboxylic acids is 1. The molecule has 0 aromatic heterocycles. The summed E-state index contributed by atoms with van der Waals surface area (Å²) in [6, 6.07) is 10.3. The van der Waals surface area contributed by atoms with Gasteiger partial charge in [0.25, 0.3) is 5.91 Å². The Kier molecular flexibility index (Phi) is 7.53. The molecule has 140 valence electrons. The molecular formula is C21H30N4O. The Bertz CT molecular complexity index is 650. The van der Waals surface area contributed by atoms with Gasteiger partial charge in [0.1, 0.15) is 11.6 Å². The lowest BCUT2D eigenvalue weighted by Crippen LogP contribution is -2.39. The highest BCUT2D eigenvalue weighted by Gasteiger charge is 2.24. The fourth-order valence-electron chi connectivity index (χ4n) is 3.48. The Morgan fingerprint density at radius 2 is 1.81 bits per heavy atom. The van der Waals surface area contributed by atoms with Crippen LogP contribution in [0.3, 0.4) is 0 Å². The van der Waals surface area contributed by atoms with E-state index in [2.05, 4.69) is 24.1 Å². The molecule has 1 aromatic rings. The van der Waals surface area contributed by atoms with E-state index < -0.39 is 0 Å². The van der Waals surface area contributed by atoms with Crippen LogP contribution in [0.2, 0.25) is 0 Å². The van der Waals surface area contributed by atoms with Gasteiger partial charge in [-0.1, -0.05) is 19.3 Å². The Morgan fingerprint density at radius 1 is 1.19 bits per heavy atom. The van der Waals surface area contributed by atoms with E-state index in [-0.39, 0.29) is 17.5 Å². The maximum absolute atomic E-state index is 12.6. The predicted octanol–water partition coefficient (Wildman–Crippen LogP) is 4.14. The van der Waals surface area contributed by atoms with Crippen molar-refractivity contribution in [2.24, 2.45) is 0 Å². The number of rotatable bonds is 7. The van der Waals surface area contributed by atoms with Gasteiger partial charge in [-0.2, -0.15) is 5.26 Å². The van der Waals surface area contributed by atoms with Gasteiger partial charge in [-0.15, -0.1) is 0 Å². The molecule has 0 atom stereocenters. The normalized spacial score (nSPS) is 15.2. The maximum Gasteiger partial charge on any atom is 0.266 e. The summed E-state index contributed by atoms with van der Waals surface area (Å²) in [5.41, 5.74) is 2.17. The minimum atomic E-state index is -0.202. The Morgan fingerprint density at radius 3 is 2.35 bits per heavy atom. The summed E-state index contributed by atoms with van der Waals surface area (Å²) in [6.45, 7) is 6.19.